The van der Waals surface area contributed by atoms with Gasteiger partial charge in [-0.05, 0) is 31.2 Å². The maximum atomic E-state index is 14.1. The third kappa shape index (κ3) is 4.36. The van der Waals surface area contributed by atoms with Gasteiger partial charge in [0, 0.05) is 0 Å². The average molecular weight is 408 g/mol. The Morgan fingerprint density at radius 1 is 1.21 bits per heavy atom. The molecule has 1 aliphatic rings. The van der Waals surface area contributed by atoms with Crippen molar-refractivity contribution >= 4 is 21.6 Å². The van der Waals surface area contributed by atoms with Crippen LogP contribution in [0.2, 0.25) is 0 Å². The number of sulfonamides is 1. The van der Waals surface area contributed by atoms with Crippen LogP contribution in [0.3, 0.4) is 0 Å². The van der Waals surface area contributed by atoms with Crippen molar-refractivity contribution in [3.63, 3.8) is 0 Å². The lowest BCUT2D eigenvalue weighted by molar-refractivity contribution is -0.122. The largest absolute Gasteiger partial charge is 0.486 e. The minimum atomic E-state index is -3.89. The van der Waals surface area contributed by atoms with E-state index in [-0.39, 0.29) is 18.8 Å². The first-order chi connectivity index (χ1) is 13.3. The maximum Gasteiger partial charge on any atom is 0.243 e. The number of nitrogens with zero attached hydrogens (tertiary/aromatic N) is 1. The zero-order valence-electron chi connectivity index (χ0n) is 15.5. The van der Waals surface area contributed by atoms with Crippen LogP contribution in [0.4, 0.5) is 10.1 Å². The SMILES string of the molecule is C[C@H](C(=O)NC[C@H]1COc2ccccc2O1)N(c1ccccc1F)S(C)(=O)=O. The maximum absolute atomic E-state index is 14.1. The van der Waals surface area contributed by atoms with Crippen molar-refractivity contribution in [2.75, 3.05) is 23.7 Å². The lowest BCUT2D eigenvalue weighted by Gasteiger charge is -2.30. The van der Waals surface area contributed by atoms with Gasteiger partial charge in [0.05, 0.1) is 18.5 Å². The molecular formula is C19H21FN2O5S. The van der Waals surface area contributed by atoms with E-state index in [9.17, 15) is 17.6 Å². The summed E-state index contributed by atoms with van der Waals surface area (Å²) in [4.78, 5) is 12.6. The van der Waals surface area contributed by atoms with Gasteiger partial charge in [0.2, 0.25) is 15.9 Å². The molecule has 0 fully saturated rings. The van der Waals surface area contributed by atoms with Crippen LogP contribution in [-0.4, -0.2) is 45.9 Å². The number of para-hydroxylation sites is 3. The number of carbonyl (C=O) groups is 1. The summed E-state index contributed by atoms with van der Waals surface area (Å²) in [6, 6.07) is 11.4. The van der Waals surface area contributed by atoms with Crippen molar-refractivity contribution in [1.29, 1.82) is 0 Å². The van der Waals surface area contributed by atoms with Crippen LogP contribution in [0, 0.1) is 5.82 Å². The second-order valence-corrected chi connectivity index (χ2v) is 8.29. The minimum Gasteiger partial charge on any atom is -0.486 e. The summed E-state index contributed by atoms with van der Waals surface area (Å²) in [7, 11) is -3.89. The molecule has 0 saturated heterocycles. The Hall–Kier alpha value is -2.81. The van der Waals surface area contributed by atoms with Gasteiger partial charge in [-0.3, -0.25) is 9.10 Å². The molecule has 2 atom stereocenters. The van der Waals surface area contributed by atoms with E-state index < -0.39 is 33.9 Å². The molecule has 1 heterocycles. The molecule has 0 aliphatic carbocycles. The predicted octanol–water partition coefficient (Wildman–Crippen LogP) is 1.94. The summed E-state index contributed by atoms with van der Waals surface area (Å²) in [5, 5.41) is 2.65. The molecule has 0 aromatic heterocycles. The van der Waals surface area contributed by atoms with Crippen molar-refractivity contribution in [1.82, 2.24) is 5.32 Å². The number of fused-ring (bicyclic) bond motifs is 1. The standard InChI is InChI=1S/C19H21FN2O5S/c1-13(22(28(2,24)25)16-8-4-3-7-15(16)20)19(23)21-11-14-12-26-17-9-5-6-10-18(17)27-14/h3-10,13-14H,11-12H2,1-2H3,(H,21,23)/t13-,14+/m1/s1. The number of ether oxygens (including phenoxy) is 2. The molecule has 0 saturated carbocycles. The Kier molecular flexibility index (Phi) is 5.73. The van der Waals surface area contributed by atoms with Crippen molar-refractivity contribution in [2.24, 2.45) is 0 Å². The molecule has 1 N–H and O–H groups in total. The molecular weight excluding hydrogens is 387 g/mol. The van der Waals surface area contributed by atoms with Crippen LogP contribution in [0.1, 0.15) is 6.92 Å². The number of nitrogens with one attached hydrogen (secondary N) is 1. The first kappa shape index (κ1) is 19.9. The summed E-state index contributed by atoms with van der Waals surface area (Å²) >= 11 is 0. The highest BCUT2D eigenvalue weighted by atomic mass is 32.2. The van der Waals surface area contributed by atoms with Gasteiger partial charge >= 0.3 is 0 Å². The van der Waals surface area contributed by atoms with E-state index in [0.29, 0.717) is 11.5 Å². The van der Waals surface area contributed by atoms with E-state index in [0.717, 1.165) is 16.6 Å². The number of amides is 1. The number of hydrogen-bond donors (Lipinski definition) is 1. The molecule has 0 bridgehead atoms. The second kappa shape index (κ2) is 8.05. The van der Waals surface area contributed by atoms with Gasteiger partial charge in [-0.1, -0.05) is 24.3 Å². The zero-order valence-corrected chi connectivity index (χ0v) is 16.3. The molecule has 3 rings (SSSR count). The van der Waals surface area contributed by atoms with E-state index in [2.05, 4.69) is 5.32 Å². The number of halogens is 1. The molecule has 0 radical (unpaired) electrons. The molecule has 0 spiro atoms. The van der Waals surface area contributed by atoms with E-state index in [1.807, 2.05) is 12.1 Å². The molecule has 1 amide bonds. The fourth-order valence-electron chi connectivity index (χ4n) is 2.94. The Bertz CT molecular complexity index is 966. The van der Waals surface area contributed by atoms with Crippen LogP contribution in [0.15, 0.2) is 48.5 Å². The van der Waals surface area contributed by atoms with E-state index in [4.69, 9.17) is 9.47 Å². The summed E-state index contributed by atoms with van der Waals surface area (Å²) < 4.78 is 50.7. The van der Waals surface area contributed by atoms with E-state index >= 15 is 0 Å². The van der Waals surface area contributed by atoms with Crippen LogP contribution in [0.5, 0.6) is 11.5 Å². The van der Waals surface area contributed by atoms with Crippen molar-refractivity contribution < 1.29 is 27.1 Å². The van der Waals surface area contributed by atoms with Gasteiger partial charge in [0.1, 0.15) is 24.6 Å². The second-order valence-electron chi connectivity index (χ2n) is 6.43. The average Bonchev–Trinajstić information content (AvgIpc) is 2.66. The van der Waals surface area contributed by atoms with Crippen LogP contribution in [-0.2, 0) is 14.8 Å². The van der Waals surface area contributed by atoms with Gasteiger partial charge < -0.3 is 14.8 Å². The third-order valence-corrected chi connectivity index (χ3v) is 5.48. The Labute approximate surface area is 163 Å². The Balaban J connectivity index is 1.68. The first-order valence-electron chi connectivity index (χ1n) is 8.67. The highest BCUT2D eigenvalue weighted by Crippen LogP contribution is 2.30. The highest BCUT2D eigenvalue weighted by Gasteiger charge is 2.31. The molecule has 28 heavy (non-hydrogen) atoms. The molecule has 1 aliphatic heterocycles. The predicted molar refractivity (Wildman–Crippen MR) is 103 cm³/mol. The fraction of sp³-hybridized carbons (Fsp3) is 0.316. The Morgan fingerprint density at radius 3 is 2.54 bits per heavy atom. The van der Waals surface area contributed by atoms with Gasteiger partial charge in [-0.15, -0.1) is 0 Å². The smallest absolute Gasteiger partial charge is 0.243 e. The van der Waals surface area contributed by atoms with Crippen molar-refractivity contribution in [3.8, 4) is 11.5 Å². The molecule has 7 nitrogen and oxygen atoms in total. The Morgan fingerprint density at radius 2 is 1.86 bits per heavy atom. The minimum absolute atomic E-state index is 0.117. The van der Waals surface area contributed by atoms with Crippen LogP contribution >= 0.6 is 0 Å². The third-order valence-electron chi connectivity index (χ3n) is 4.25. The number of benzene rings is 2. The zero-order chi connectivity index (χ0) is 20.3. The fourth-order valence-corrected chi connectivity index (χ4v) is 4.11. The topological polar surface area (TPSA) is 84.9 Å². The van der Waals surface area contributed by atoms with E-state index in [1.165, 1.54) is 25.1 Å². The van der Waals surface area contributed by atoms with Crippen LogP contribution in [0.25, 0.3) is 0 Å². The van der Waals surface area contributed by atoms with Gasteiger partial charge in [0.15, 0.2) is 11.5 Å². The van der Waals surface area contributed by atoms with Gasteiger partial charge in [0.25, 0.3) is 0 Å². The molecule has 2 aromatic rings. The lowest BCUT2D eigenvalue weighted by atomic mass is 10.2. The summed E-state index contributed by atoms with van der Waals surface area (Å²) in [5.74, 6) is -0.101. The molecule has 9 heteroatoms. The number of anilines is 1. The summed E-state index contributed by atoms with van der Waals surface area (Å²) in [6.07, 6.45) is 0.504. The summed E-state index contributed by atoms with van der Waals surface area (Å²) in [5.41, 5.74) is -0.182. The summed E-state index contributed by atoms with van der Waals surface area (Å²) in [6.45, 7) is 1.76. The normalized spacial score (nSPS) is 16.9. The highest BCUT2D eigenvalue weighted by molar-refractivity contribution is 7.92. The van der Waals surface area contributed by atoms with Gasteiger partial charge in [-0.25, -0.2) is 12.8 Å². The number of rotatable bonds is 6. The molecule has 0 unspecified atom stereocenters. The molecule has 2 aromatic carbocycles. The molecule has 150 valence electrons. The van der Waals surface area contributed by atoms with Crippen molar-refractivity contribution in [2.45, 2.75) is 19.1 Å². The number of hydrogen-bond acceptors (Lipinski definition) is 5. The lowest BCUT2D eigenvalue weighted by Crippen LogP contribution is -2.50. The number of carbonyl (C=O) groups excluding carboxylic acids is 1. The van der Waals surface area contributed by atoms with Gasteiger partial charge in [-0.2, -0.15) is 0 Å². The first-order valence-corrected chi connectivity index (χ1v) is 10.5. The quantitative estimate of drug-likeness (QED) is 0.790. The monoisotopic (exact) mass is 408 g/mol. The van der Waals surface area contributed by atoms with Crippen molar-refractivity contribution in [3.05, 3.63) is 54.3 Å². The van der Waals surface area contributed by atoms with E-state index in [1.54, 1.807) is 12.1 Å². The van der Waals surface area contributed by atoms with Crippen LogP contribution < -0.4 is 19.1 Å².